The molecule has 0 bridgehead atoms. The molecule has 2 aromatic heterocycles. The van der Waals surface area contributed by atoms with Crippen molar-refractivity contribution in [1.29, 1.82) is 0 Å². The molecule has 1 aliphatic heterocycles. The van der Waals surface area contributed by atoms with Crippen LogP contribution >= 0.6 is 0 Å². The van der Waals surface area contributed by atoms with Gasteiger partial charge in [-0.2, -0.15) is 0 Å². The molecule has 0 aliphatic carbocycles. The molecule has 0 radical (unpaired) electrons. The molecule has 0 spiro atoms. The van der Waals surface area contributed by atoms with Crippen LogP contribution in [0.1, 0.15) is 51.4 Å². The highest BCUT2D eigenvalue weighted by Gasteiger charge is 2.22. The van der Waals surface area contributed by atoms with Crippen molar-refractivity contribution in [2.24, 2.45) is 0 Å². The number of amides is 1. The summed E-state index contributed by atoms with van der Waals surface area (Å²) in [6, 6.07) is 8.66. The third-order valence-electron chi connectivity index (χ3n) is 5.07. The van der Waals surface area contributed by atoms with Gasteiger partial charge < -0.3 is 5.32 Å². The van der Waals surface area contributed by atoms with Crippen LogP contribution < -0.4 is 5.32 Å². The van der Waals surface area contributed by atoms with E-state index in [0.29, 0.717) is 35.7 Å². The number of aryl methyl sites for hydroxylation is 2. The van der Waals surface area contributed by atoms with Crippen LogP contribution in [0, 0.1) is 19.7 Å². The van der Waals surface area contributed by atoms with Crippen LogP contribution in [-0.2, 0) is 6.42 Å². The van der Waals surface area contributed by atoms with E-state index in [0.717, 1.165) is 22.4 Å². The van der Waals surface area contributed by atoms with Gasteiger partial charge in [0.15, 0.2) is 0 Å². The van der Waals surface area contributed by atoms with Gasteiger partial charge in [-0.1, -0.05) is 13.0 Å². The number of hydrogen-bond donors (Lipinski definition) is 1. The molecule has 1 aromatic carbocycles. The Bertz CT molecular complexity index is 1060. The van der Waals surface area contributed by atoms with Crippen LogP contribution in [0.5, 0.6) is 0 Å². The number of pyridine rings is 1. The van der Waals surface area contributed by atoms with E-state index in [4.69, 9.17) is 0 Å². The van der Waals surface area contributed by atoms with Crippen LogP contribution in [0.2, 0.25) is 0 Å². The Labute approximate surface area is 163 Å². The van der Waals surface area contributed by atoms with Gasteiger partial charge in [0.1, 0.15) is 11.6 Å². The van der Waals surface area contributed by atoms with E-state index in [-0.39, 0.29) is 17.6 Å². The Balaban J connectivity index is 1.81. The Morgan fingerprint density at radius 1 is 1.14 bits per heavy atom. The van der Waals surface area contributed by atoms with Crippen LogP contribution in [0.15, 0.2) is 36.5 Å². The van der Waals surface area contributed by atoms with Gasteiger partial charge in [-0.05, 0) is 61.2 Å². The molecule has 142 valence electrons. The highest BCUT2D eigenvalue weighted by atomic mass is 19.1. The zero-order chi connectivity index (χ0) is 19.8. The summed E-state index contributed by atoms with van der Waals surface area (Å²) in [5.41, 5.74) is 5.48. The lowest BCUT2D eigenvalue weighted by molar-refractivity contribution is 0.0946. The summed E-state index contributed by atoms with van der Waals surface area (Å²) in [6.07, 6.45) is 2.34. The second-order valence-electron chi connectivity index (χ2n) is 7.20. The molecule has 1 N–H and O–H groups in total. The highest BCUT2D eigenvalue weighted by molar-refractivity contribution is 5.98. The number of nitrogens with zero attached hydrogens (tertiary/aromatic N) is 3. The molecule has 0 saturated heterocycles. The monoisotopic (exact) mass is 376 g/mol. The number of aromatic nitrogens is 3. The minimum atomic E-state index is -0.252. The maximum absolute atomic E-state index is 13.9. The second-order valence-corrected chi connectivity index (χ2v) is 7.20. The summed E-state index contributed by atoms with van der Waals surface area (Å²) < 4.78 is 13.9. The summed E-state index contributed by atoms with van der Waals surface area (Å²) in [5.74, 6) is 0.182. The first-order chi connectivity index (χ1) is 13.4. The van der Waals surface area contributed by atoms with Crippen molar-refractivity contribution >= 4 is 5.91 Å². The van der Waals surface area contributed by atoms with Crippen molar-refractivity contribution in [2.75, 3.05) is 6.54 Å². The van der Waals surface area contributed by atoms with Gasteiger partial charge in [-0.25, -0.2) is 14.4 Å². The third-order valence-corrected chi connectivity index (χ3v) is 5.07. The van der Waals surface area contributed by atoms with E-state index < -0.39 is 0 Å². The molecule has 0 saturated carbocycles. The molecule has 1 unspecified atom stereocenters. The summed E-state index contributed by atoms with van der Waals surface area (Å²) >= 11 is 0. The van der Waals surface area contributed by atoms with Crippen LogP contribution in [0.25, 0.3) is 11.4 Å². The van der Waals surface area contributed by atoms with E-state index in [9.17, 15) is 9.18 Å². The number of rotatable bonds is 3. The predicted octanol–water partition coefficient (Wildman–Crippen LogP) is 3.73. The van der Waals surface area contributed by atoms with Gasteiger partial charge in [-0.3, -0.25) is 9.78 Å². The van der Waals surface area contributed by atoms with Gasteiger partial charge in [0.05, 0.1) is 17.1 Å². The van der Waals surface area contributed by atoms with Crippen molar-refractivity contribution in [3.05, 3.63) is 76.1 Å². The number of hydrogen-bond acceptors (Lipinski definition) is 4. The van der Waals surface area contributed by atoms with Crippen LogP contribution in [0.3, 0.4) is 0 Å². The molecule has 0 fully saturated rings. The molecule has 4 rings (SSSR count). The minimum absolute atomic E-state index is 0.0838. The number of carbonyl (C=O) groups is 1. The smallest absolute Gasteiger partial charge is 0.251 e. The van der Waals surface area contributed by atoms with E-state index in [1.165, 1.54) is 6.07 Å². The fourth-order valence-corrected chi connectivity index (χ4v) is 3.69. The lowest BCUT2D eigenvalue weighted by atomic mass is 9.93. The first kappa shape index (κ1) is 18.2. The molecule has 3 heterocycles. The predicted molar refractivity (Wildman–Crippen MR) is 105 cm³/mol. The first-order valence-corrected chi connectivity index (χ1v) is 9.31. The Morgan fingerprint density at radius 3 is 2.75 bits per heavy atom. The van der Waals surface area contributed by atoms with E-state index in [2.05, 4.69) is 20.3 Å². The van der Waals surface area contributed by atoms with Crippen molar-refractivity contribution in [2.45, 2.75) is 33.1 Å². The number of fused-ring (bicyclic) bond motifs is 1. The highest BCUT2D eigenvalue weighted by Crippen LogP contribution is 2.29. The van der Waals surface area contributed by atoms with Gasteiger partial charge in [0, 0.05) is 24.2 Å². The molecule has 1 aliphatic rings. The minimum Gasteiger partial charge on any atom is -0.352 e. The lowest BCUT2D eigenvalue weighted by Crippen LogP contribution is -2.32. The van der Waals surface area contributed by atoms with Crippen molar-refractivity contribution in [3.8, 4) is 11.4 Å². The molecule has 3 aromatic rings. The number of carbonyl (C=O) groups excluding carboxylic acids is 1. The van der Waals surface area contributed by atoms with Crippen molar-refractivity contribution in [3.63, 3.8) is 0 Å². The van der Waals surface area contributed by atoms with E-state index >= 15 is 0 Å². The fraction of sp³-hybridized carbons (Fsp3) is 0.273. The Morgan fingerprint density at radius 2 is 1.96 bits per heavy atom. The van der Waals surface area contributed by atoms with Gasteiger partial charge in [-0.15, -0.1) is 0 Å². The zero-order valence-electron chi connectivity index (χ0n) is 16.1. The molecule has 6 heteroatoms. The summed E-state index contributed by atoms with van der Waals surface area (Å²) in [5, 5.41) is 2.85. The van der Waals surface area contributed by atoms with Crippen LogP contribution in [-0.4, -0.2) is 27.4 Å². The topological polar surface area (TPSA) is 67.8 Å². The number of benzene rings is 1. The lowest BCUT2D eigenvalue weighted by Gasteiger charge is -2.19. The maximum Gasteiger partial charge on any atom is 0.251 e. The standard InChI is InChI=1S/C22H21FN4O/c1-12-8-15(10-16(23)9-12)13(2)19-11-20(27-14(3)26-19)21-17-4-7-25-22(28)18(17)5-6-24-21/h5-6,8-11,13H,4,7H2,1-3H3,(H,25,28). The first-order valence-electron chi connectivity index (χ1n) is 9.31. The van der Waals surface area contributed by atoms with Crippen molar-refractivity contribution in [1.82, 2.24) is 20.3 Å². The molecule has 5 nitrogen and oxygen atoms in total. The fourth-order valence-electron chi connectivity index (χ4n) is 3.69. The molecule has 1 atom stereocenters. The second kappa shape index (κ2) is 7.11. The molecule has 1 amide bonds. The van der Waals surface area contributed by atoms with Gasteiger partial charge in [0.2, 0.25) is 0 Å². The SMILES string of the molecule is Cc1cc(F)cc(C(C)c2cc(-c3nccc4c3CCNC4=O)nc(C)n2)c1. The number of nitrogens with one attached hydrogen (secondary N) is 1. The molecule has 28 heavy (non-hydrogen) atoms. The van der Waals surface area contributed by atoms with Gasteiger partial charge in [0.25, 0.3) is 5.91 Å². The Hall–Kier alpha value is -3.15. The normalized spacial score (nSPS) is 14.4. The third kappa shape index (κ3) is 3.38. The molecular formula is C22H21FN4O. The van der Waals surface area contributed by atoms with E-state index in [1.54, 1.807) is 18.3 Å². The largest absolute Gasteiger partial charge is 0.352 e. The molecular weight excluding hydrogens is 355 g/mol. The van der Waals surface area contributed by atoms with E-state index in [1.807, 2.05) is 32.9 Å². The maximum atomic E-state index is 13.9. The van der Waals surface area contributed by atoms with Gasteiger partial charge >= 0.3 is 0 Å². The number of halogens is 1. The Kier molecular flexibility index (Phi) is 4.63. The average Bonchev–Trinajstić information content (AvgIpc) is 2.66. The van der Waals surface area contributed by atoms with Crippen molar-refractivity contribution < 1.29 is 9.18 Å². The zero-order valence-corrected chi connectivity index (χ0v) is 16.1. The average molecular weight is 376 g/mol. The van der Waals surface area contributed by atoms with Crippen LogP contribution in [0.4, 0.5) is 4.39 Å². The summed E-state index contributed by atoms with van der Waals surface area (Å²) in [7, 11) is 0. The summed E-state index contributed by atoms with van der Waals surface area (Å²) in [6.45, 7) is 6.29. The summed E-state index contributed by atoms with van der Waals surface area (Å²) in [4.78, 5) is 25.8. The quantitative estimate of drug-likeness (QED) is 0.756.